The average Bonchev–Trinajstić information content (AvgIpc) is 2.66. The van der Waals surface area contributed by atoms with Gasteiger partial charge in [-0.05, 0) is 42.3 Å². The number of nitrogens with one attached hydrogen (secondary N) is 1. The van der Waals surface area contributed by atoms with E-state index in [0.29, 0.717) is 6.42 Å². The van der Waals surface area contributed by atoms with Crippen molar-refractivity contribution in [3.05, 3.63) is 40.8 Å². The van der Waals surface area contributed by atoms with Crippen molar-refractivity contribution in [3.63, 3.8) is 0 Å². The van der Waals surface area contributed by atoms with Crippen LogP contribution in [-0.2, 0) is 11.2 Å². The molecular weight excluding hydrogens is 250 g/mol. The summed E-state index contributed by atoms with van der Waals surface area (Å²) < 4.78 is 0. The van der Waals surface area contributed by atoms with E-state index in [1.807, 2.05) is 31.2 Å². The van der Waals surface area contributed by atoms with Gasteiger partial charge in [0.25, 0.3) is 0 Å². The molecule has 0 atom stereocenters. The van der Waals surface area contributed by atoms with Crippen LogP contribution in [0.25, 0.3) is 11.3 Å². The summed E-state index contributed by atoms with van der Waals surface area (Å²) in [5.74, 6) is 0.0269. The van der Waals surface area contributed by atoms with Crippen LogP contribution < -0.4 is 5.32 Å². The number of rotatable bonds is 1. The topological polar surface area (TPSA) is 54.9 Å². The van der Waals surface area contributed by atoms with Crippen LogP contribution in [-0.4, -0.2) is 15.9 Å². The molecule has 0 bridgehead atoms. The number of aromatic nitrogens is 2. The van der Waals surface area contributed by atoms with Crippen molar-refractivity contribution in [3.8, 4) is 11.3 Å². The van der Waals surface area contributed by atoms with Crippen molar-refractivity contribution >= 4 is 23.2 Å². The lowest BCUT2D eigenvalue weighted by atomic mass is 10.1. The highest BCUT2D eigenvalue weighted by Gasteiger charge is 2.18. The number of hydrogen-bond acceptors (Lipinski definition) is 3. The molecule has 0 radical (unpaired) electrons. The molecule has 0 spiro atoms. The van der Waals surface area contributed by atoms with Gasteiger partial charge in [-0.3, -0.25) is 4.79 Å². The summed E-state index contributed by atoms with van der Waals surface area (Å²) in [6, 6.07) is 7.65. The fourth-order valence-corrected chi connectivity index (χ4v) is 2.29. The zero-order chi connectivity index (χ0) is 12.7. The number of amides is 1. The molecule has 2 heterocycles. The minimum absolute atomic E-state index is 0.0269. The molecule has 4 nitrogen and oxygen atoms in total. The summed E-state index contributed by atoms with van der Waals surface area (Å²) in [5, 5.41) is 3.04. The van der Waals surface area contributed by atoms with Gasteiger partial charge in [0.15, 0.2) is 0 Å². The molecule has 0 saturated carbocycles. The first kappa shape index (κ1) is 11.2. The Balaban J connectivity index is 2.08. The van der Waals surface area contributed by atoms with E-state index in [1.165, 1.54) is 0 Å². The van der Waals surface area contributed by atoms with E-state index < -0.39 is 0 Å². The van der Waals surface area contributed by atoms with Gasteiger partial charge in [-0.25, -0.2) is 9.97 Å². The maximum Gasteiger partial charge on any atom is 0.228 e. The lowest BCUT2D eigenvalue weighted by Crippen LogP contribution is -2.03. The van der Waals surface area contributed by atoms with E-state index >= 15 is 0 Å². The number of hydrogen-bond donors (Lipinski definition) is 1. The second-order valence-electron chi connectivity index (χ2n) is 4.26. The lowest BCUT2D eigenvalue weighted by Gasteiger charge is -2.05. The second-order valence-corrected chi connectivity index (χ2v) is 4.60. The Kier molecular flexibility index (Phi) is 2.52. The number of anilines is 1. The van der Waals surface area contributed by atoms with Gasteiger partial charge in [0.1, 0.15) is 0 Å². The van der Waals surface area contributed by atoms with Crippen LogP contribution in [0.15, 0.2) is 24.3 Å². The second kappa shape index (κ2) is 4.07. The zero-order valence-electron chi connectivity index (χ0n) is 9.70. The van der Waals surface area contributed by atoms with Crippen LogP contribution in [0.4, 0.5) is 5.69 Å². The first-order valence-corrected chi connectivity index (χ1v) is 5.94. The first-order chi connectivity index (χ1) is 8.61. The summed E-state index contributed by atoms with van der Waals surface area (Å²) in [4.78, 5) is 19.5. The predicted molar refractivity (Wildman–Crippen MR) is 69.5 cm³/mol. The van der Waals surface area contributed by atoms with Gasteiger partial charge in [0, 0.05) is 16.9 Å². The van der Waals surface area contributed by atoms with Gasteiger partial charge in [-0.15, -0.1) is 0 Å². The fourth-order valence-electron chi connectivity index (χ4n) is 2.07. The molecule has 90 valence electrons. The summed E-state index contributed by atoms with van der Waals surface area (Å²) in [6.45, 7) is 1.87. The number of carbonyl (C=O) groups is 1. The molecule has 18 heavy (non-hydrogen) atoms. The summed E-state index contributed by atoms with van der Waals surface area (Å²) in [7, 11) is 0. The Morgan fingerprint density at radius 2 is 2.11 bits per heavy atom. The van der Waals surface area contributed by atoms with Crippen LogP contribution in [0.5, 0.6) is 0 Å². The van der Waals surface area contributed by atoms with Crippen LogP contribution in [0, 0.1) is 6.92 Å². The quantitative estimate of drug-likeness (QED) is 0.801. The van der Waals surface area contributed by atoms with Gasteiger partial charge >= 0.3 is 0 Å². The van der Waals surface area contributed by atoms with Gasteiger partial charge < -0.3 is 5.32 Å². The molecule has 5 heteroatoms. The molecule has 1 aromatic heterocycles. The smallest absolute Gasteiger partial charge is 0.228 e. The average molecular weight is 260 g/mol. The largest absolute Gasteiger partial charge is 0.326 e. The molecule has 1 aromatic carbocycles. The van der Waals surface area contributed by atoms with Crippen LogP contribution in [0.3, 0.4) is 0 Å². The monoisotopic (exact) mass is 259 g/mol. The molecule has 1 amide bonds. The van der Waals surface area contributed by atoms with Gasteiger partial charge in [0.05, 0.1) is 12.1 Å². The van der Waals surface area contributed by atoms with Crippen molar-refractivity contribution in [2.75, 3.05) is 5.32 Å². The van der Waals surface area contributed by atoms with Crippen molar-refractivity contribution in [2.24, 2.45) is 0 Å². The molecule has 1 aliphatic heterocycles. The molecule has 0 fully saturated rings. The molecule has 0 aliphatic carbocycles. The third kappa shape index (κ3) is 1.95. The Labute approximate surface area is 109 Å². The lowest BCUT2D eigenvalue weighted by molar-refractivity contribution is -0.115. The Morgan fingerprint density at radius 1 is 1.28 bits per heavy atom. The molecule has 3 rings (SSSR count). The van der Waals surface area contributed by atoms with E-state index in [1.54, 1.807) is 0 Å². The number of nitrogens with zero attached hydrogens (tertiary/aromatic N) is 2. The molecule has 0 unspecified atom stereocenters. The maximum atomic E-state index is 11.3. The van der Waals surface area contributed by atoms with Crippen molar-refractivity contribution in [1.82, 2.24) is 9.97 Å². The summed E-state index contributed by atoms with van der Waals surface area (Å²) >= 11 is 5.85. The molecular formula is C13H10ClN3O. The third-order valence-corrected chi connectivity index (χ3v) is 3.02. The normalized spacial score (nSPS) is 13.3. The fraction of sp³-hybridized carbons (Fsp3) is 0.154. The molecule has 0 saturated heterocycles. The zero-order valence-corrected chi connectivity index (χ0v) is 10.5. The number of aryl methyl sites for hydroxylation is 1. The SMILES string of the molecule is Cc1cc(-c2ccc3c(c2)CC(=O)N3)nc(Cl)n1. The van der Waals surface area contributed by atoms with E-state index in [-0.39, 0.29) is 11.2 Å². The highest BCUT2D eigenvalue weighted by Crippen LogP contribution is 2.28. The van der Waals surface area contributed by atoms with Crippen LogP contribution >= 0.6 is 11.6 Å². The van der Waals surface area contributed by atoms with Crippen LogP contribution in [0.2, 0.25) is 5.28 Å². The van der Waals surface area contributed by atoms with E-state index in [2.05, 4.69) is 15.3 Å². The highest BCUT2D eigenvalue weighted by molar-refractivity contribution is 6.28. The van der Waals surface area contributed by atoms with Crippen molar-refractivity contribution in [1.29, 1.82) is 0 Å². The van der Waals surface area contributed by atoms with Crippen LogP contribution in [0.1, 0.15) is 11.3 Å². The number of benzene rings is 1. The highest BCUT2D eigenvalue weighted by atomic mass is 35.5. The third-order valence-electron chi connectivity index (χ3n) is 2.85. The van der Waals surface area contributed by atoms with E-state index in [9.17, 15) is 4.79 Å². The summed E-state index contributed by atoms with van der Waals surface area (Å²) in [6.07, 6.45) is 0.418. The van der Waals surface area contributed by atoms with E-state index in [4.69, 9.17) is 11.6 Å². The number of halogens is 1. The molecule has 2 aromatic rings. The molecule has 1 N–H and O–H groups in total. The number of carbonyl (C=O) groups excluding carboxylic acids is 1. The van der Waals surface area contributed by atoms with Gasteiger partial charge in [0.2, 0.25) is 11.2 Å². The minimum atomic E-state index is 0.0269. The Hall–Kier alpha value is -1.94. The van der Waals surface area contributed by atoms with E-state index in [0.717, 1.165) is 28.2 Å². The molecule has 1 aliphatic rings. The van der Waals surface area contributed by atoms with Crippen molar-refractivity contribution < 1.29 is 4.79 Å². The summed E-state index contributed by atoms with van der Waals surface area (Å²) in [5.41, 5.74) is 4.40. The number of fused-ring (bicyclic) bond motifs is 1. The Morgan fingerprint density at radius 3 is 2.89 bits per heavy atom. The predicted octanol–water partition coefficient (Wildman–Crippen LogP) is 2.60. The first-order valence-electron chi connectivity index (χ1n) is 5.56. The van der Waals surface area contributed by atoms with Crippen molar-refractivity contribution in [2.45, 2.75) is 13.3 Å². The Bertz CT molecular complexity index is 634. The standard InChI is InChI=1S/C13H10ClN3O/c1-7-4-11(17-13(14)15-7)8-2-3-10-9(5-8)6-12(18)16-10/h2-5H,6H2,1H3,(H,16,18). The van der Waals surface area contributed by atoms with Gasteiger partial charge in [-0.1, -0.05) is 6.07 Å². The van der Waals surface area contributed by atoms with Gasteiger partial charge in [-0.2, -0.15) is 0 Å². The minimum Gasteiger partial charge on any atom is -0.326 e. The maximum absolute atomic E-state index is 11.3.